The topological polar surface area (TPSA) is 32.7 Å². The molecule has 0 saturated heterocycles. The van der Waals surface area contributed by atoms with Gasteiger partial charge in [-0.25, -0.2) is 0 Å². The number of ether oxygens (including phenoxy) is 1. The number of rotatable bonds is 6. The van der Waals surface area contributed by atoms with E-state index in [0.717, 1.165) is 30.7 Å². The third-order valence-corrected chi connectivity index (χ3v) is 4.79. The molecular weight excluding hydrogens is 318 g/mol. The lowest BCUT2D eigenvalue weighted by Crippen LogP contribution is -2.40. The largest absolute Gasteiger partial charge is 0.392 e. The van der Waals surface area contributed by atoms with Gasteiger partial charge in [-0.2, -0.15) is 0 Å². The zero-order chi connectivity index (χ0) is 14.8. The minimum absolute atomic E-state index is 0.0457. The number of benzene rings is 1. The van der Waals surface area contributed by atoms with Crippen molar-refractivity contribution in [1.29, 1.82) is 0 Å². The molecule has 20 heavy (non-hydrogen) atoms. The van der Waals surface area contributed by atoms with E-state index >= 15 is 0 Å². The molecule has 1 aromatic rings. The summed E-state index contributed by atoms with van der Waals surface area (Å²) in [5.74, 6) is 0. The summed E-state index contributed by atoms with van der Waals surface area (Å²) >= 11 is 3.37. The SMILES string of the molecule is C[C@H]1N(CCOCCBr)c2cccc(CO)c2C1(C)C. The highest BCUT2D eigenvalue weighted by Crippen LogP contribution is 2.46. The third-order valence-electron chi connectivity index (χ3n) is 4.46. The summed E-state index contributed by atoms with van der Waals surface area (Å²) < 4.78 is 5.59. The van der Waals surface area contributed by atoms with Crippen molar-refractivity contribution >= 4 is 21.6 Å². The zero-order valence-corrected chi connectivity index (χ0v) is 14.1. The number of anilines is 1. The molecule has 0 bridgehead atoms. The average Bonchev–Trinajstić information content (AvgIpc) is 2.64. The lowest BCUT2D eigenvalue weighted by molar-refractivity contribution is 0.155. The fourth-order valence-corrected chi connectivity index (χ4v) is 3.37. The van der Waals surface area contributed by atoms with E-state index < -0.39 is 0 Å². The fraction of sp³-hybridized carbons (Fsp3) is 0.625. The molecule has 1 heterocycles. The summed E-state index contributed by atoms with van der Waals surface area (Å²) in [5, 5.41) is 10.5. The number of aliphatic hydroxyl groups is 1. The number of fused-ring (bicyclic) bond motifs is 1. The fourth-order valence-electron chi connectivity index (χ4n) is 3.14. The second-order valence-corrected chi connectivity index (χ2v) is 6.65. The minimum atomic E-state index is 0.0457. The van der Waals surface area contributed by atoms with Crippen LogP contribution in [-0.4, -0.2) is 36.2 Å². The first-order valence-corrected chi connectivity index (χ1v) is 8.29. The van der Waals surface area contributed by atoms with Gasteiger partial charge in [-0.3, -0.25) is 0 Å². The van der Waals surface area contributed by atoms with Crippen molar-refractivity contribution in [1.82, 2.24) is 0 Å². The summed E-state index contributed by atoms with van der Waals surface area (Å²) in [4.78, 5) is 2.41. The predicted octanol–water partition coefficient (Wildman–Crippen LogP) is 3.08. The van der Waals surface area contributed by atoms with Crippen LogP contribution >= 0.6 is 15.9 Å². The van der Waals surface area contributed by atoms with Crippen LogP contribution in [0.2, 0.25) is 0 Å². The molecule has 4 heteroatoms. The Hall–Kier alpha value is -0.580. The summed E-state index contributed by atoms with van der Waals surface area (Å²) in [5.41, 5.74) is 3.62. The van der Waals surface area contributed by atoms with E-state index in [1.54, 1.807) is 0 Å². The van der Waals surface area contributed by atoms with E-state index in [9.17, 15) is 5.11 Å². The molecule has 0 aliphatic carbocycles. The molecule has 0 spiro atoms. The monoisotopic (exact) mass is 341 g/mol. The predicted molar refractivity (Wildman–Crippen MR) is 86.8 cm³/mol. The van der Waals surface area contributed by atoms with Crippen molar-refractivity contribution in [2.45, 2.75) is 38.8 Å². The van der Waals surface area contributed by atoms with Gasteiger partial charge in [0.2, 0.25) is 0 Å². The molecule has 1 aliphatic heterocycles. The number of nitrogens with zero attached hydrogens (tertiary/aromatic N) is 1. The summed E-state index contributed by atoms with van der Waals surface area (Å²) in [6, 6.07) is 6.62. The van der Waals surface area contributed by atoms with E-state index in [2.05, 4.69) is 47.7 Å². The number of hydrogen-bond donors (Lipinski definition) is 1. The Bertz CT molecular complexity index is 462. The molecule has 1 aromatic carbocycles. The second-order valence-electron chi connectivity index (χ2n) is 5.86. The first-order valence-electron chi connectivity index (χ1n) is 7.17. The molecular formula is C16H24BrNO2. The first kappa shape index (κ1) is 15.8. The van der Waals surface area contributed by atoms with Gasteiger partial charge in [0.05, 0.1) is 19.8 Å². The van der Waals surface area contributed by atoms with Crippen LogP contribution in [-0.2, 0) is 16.8 Å². The van der Waals surface area contributed by atoms with Crippen molar-refractivity contribution in [3.8, 4) is 0 Å². The van der Waals surface area contributed by atoms with Crippen molar-refractivity contribution in [2.75, 3.05) is 30.0 Å². The maximum absolute atomic E-state index is 9.60. The molecule has 3 nitrogen and oxygen atoms in total. The number of hydrogen-bond acceptors (Lipinski definition) is 3. The Morgan fingerprint density at radius 3 is 2.75 bits per heavy atom. The normalized spacial score (nSPS) is 20.2. The van der Waals surface area contributed by atoms with Gasteiger partial charge < -0.3 is 14.7 Å². The van der Waals surface area contributed by atoms with Crippen LogP contribution < -0.4 is 4.90 Å². The van der Waals surface area contributed by atoms with Gasteiger partial charge in [0.15, 0.2) is 0 Å². The third kappa shape index (κ3) is 2.74. The molecule has 0 saturated carbocycles. The maximum Gasteiger partial charge on any atom is 0.0685 e. The van der Waals surface area contributed by atoms with Crippen molar-refractivity contribution < 1.29 is 9.84 Å². The highest BCUT2D eigenvalue weighted by Gasteiger charge is 2.42. The van der Waals surface area contributed by atoms with E-state index in [-0.39, 0.29) is 12.0 Å². The van der Waals surface area contributed by atoms with E-state index in [4.69, 9.17) is 4.74 Å². The molecule has 1 atom stereocenters. The van der Waals surface area contributed by atoms with Gasteiger partial charge in [-0.1, -0.05) is 41.9 Å². The average molecular weight is 342 g/mol. The first-order chi connectivity index (χ1) is 9.54. The summed E-state index contributed by atoms with van der Waals surface area (Å²) in [7, 11) is 0. The maximum atomic E-state index is 9.60. The molecule has 1 aliphatic rings. The number of aliphatic hydroxyl groups excluding tert-OH is 1. The van der Waals surface area contributed by atoms with Crippen LogP contribution in [0.4, 0.5) is 5.69 Å². The van der Waals surface area contributed by atoms with E-state index in [0.29, 0.717) is 6.04 Å². The van der Waals surface area contributed by atoms with Gasteiger partial charge >= 0.3 is 0 Å². The molecule has 1 N–H and O–H groups in total. The van der Waals surface area contributed by atoms with Crippen LogP contribution in [0.5, 0.6) is 0 Å². The van der Waals surface area contributed by atoms with Gasteiger partial charge in [-0.15, -0.1) is 0 Å². The molecule has 0 radical (unpaired) electrons. The van der Waals surface area contributed by atoms with Gasteiger partial charge in [0.1, 0.15) is 0 Å². The second kappa shape index (κ2) is 6.46. The van der Waals surface area contributed by atoms with Crippen LogP contribution in [0.1, 0.15) is 31.9 Å². The molecule has 2 rings (SSSR count). The van der Waals surface area contributed by atoms with Crippen molar-refractivity contribution in [3.05, 3.63) is 29.3 Å². The van der Waals surface area contributed by atoms with Crippen LogP contribution in [0.15, 0.2) is 18.2 Å². The lowest BCUT2D eigenvalue weighted by Gasteiger charge is -2.31. The number of alkyl halides is 1. The van der Waals surface area contributed by atoms with Gasteiger partial charge in [0.25, 0.3) is 0 Å². The molecule has 0 unspecified atom stereocenters. The molecule has 0 aromatic heterocycles. The smallest absolute Gasteiger partial charge is 0.0685 e. The van der Waals surface area contributed by atoms with Crippen LogP contribution in [0, 0.1) is 0 Å². The van der Waals surface area contributed by atoms with E-state index in [1.807, 2.05) is 12.1 Å². The Labute approximate surface area is 130 Å². The quantitative estimate of drug-likeness (QED) is 0.637. The Morgan fingerprint density at radius 1 is 1.35 bits per heavy atom. The van der Waals surface area contributed by atoms with Gasteiger partial charge in [0, 0.05) is 29.0 Å². The highest BCUT2D eigenvalue weighted by atomic mass is 79.9. The zero-order valence-electron chi connectivity index (χ0n) is 12.5. The lowest BCUT2D eigenvalue weighted by atomic mass is 9.79. The Kier molecular flexibility index (Phi) is 5.10. The molecule has 0 amide bonds. The van der Waals surface area contributed by atoms with Crippen molar-refractivity contribution in [2.24, 2.45) is 0 Å². The van der Waals surface area contributed by atoms with E-state index in [1.165, 1.54) is 11.3 Å². The van der Waals surface area contributed by atoms with Crippen molar-refractivity contribution in [3.63, 3.8) is 0 Å². The number of halogens is 1. The standard InChI is InChI=1S/C16H24BrNO2/c1-12-16(2,3)15-13(11-19)5-4-6-14(15)18(12)8-10-20-9-7-17/h4-6,12,19H,7-11H2,1-3H3/t12-/m1/s1. The molecule has 0 fully saturated rings. The highest BCUT2D eigenvalue weighted by molar-refractivity contribution is 9.09. The summed E-state index contributed by atoms with van der Waals surface area (Å²) in [6.45, 7) is 9.24. The van der Waals surface area contributed by atoms with Crippen LogP contribution in [0.25, 0.3) is 0 Å². The minimum Gasteiger partial charge on any atom is -0.392 e. The van der Waals surface area contributed by atoms with Gasteiger partial charge in [-0.05, 0) is 24.1 Å². The summed E-state index contributed by atoms with van der Waals surface area (Å²) in [6.07, 6.45) is 0. The Balaban J connectivity index is 2.25. The Morgan fingerprint density at radius 2 is 2.10 bits per heavy atom. The molecule has 112 valence electrons. The van der Waals surface area contributed by atoms with Crippen LogP contribution in [0.3, 0.4) is 0 Å².